The van der Waals surface area contributed by atoms with Crippen LogP contribution in [0.3, 0.4) is 0 Å². The second-order valence-electron chi connectivity index (χ2n) is 2.65. The van der Waals surface area contributed by atoms with Gasteiger partial charge in [-0.2, -0.15) is 5.26 Å². The predicted octanol–water partition coefficient (Wildman–Crippen LogP) is 2.20. The van der Waals surface area contributed by atoms with Crippen molar-refractivity contribution in [2.45, 2.75) is 6.92 Å². The van der Waals surface area contributed by atoms with Crippen LogP contribution in [0.15, 0.2) is 16.6 Å². The Balaban J connectivity index is 3.23. The van der Waals surface area contributed by atoms with Crippen LogP contribution in [0, 0.1) is 11.3 Å². The maximum absolute atomic E-state index is 11.4. The van der Waals surface area contributed by atoms with Gasteiger partial charge in [-0.3, -0.25) is 0 Å². The molecule has 4 nitrogen and oxygen atoms in total. The molecule has 15 heavy (non-hydrogen) atoms. The van der Waals surface area contributed by atoms with Crippen LogP contribution in [0.5, 0.6) is 5.75 Å². The summed E-state index contributed by atoms with van der Waals surface area (Å²) in [7, 11) is 0. The molecule has 0 amide bonds. The number of aromatic hydroxyl groups is 1. The summed E-state index contributed by atoms with van der Waals surface area (Å²) in [6.45, 7) is 1.95. The van der Waals surface area contributed by atoms with E-state index in [0.717, 1.165) is 0 Å². The molecule has 0 aliphatic rings. The molecule has 0 saturated heterocycles. The van der Waals surface area contributed by atoms with Gasteiger partial charge in [0.15, 0.2) is 0 Å². The lowest BCUT2D eigenvalue weighted by molar-refractivity contribution is 0.0525. The fourth-order valence-corrected chi connectivity index (χ4v) is 1.62. The van der Waals surface area contributed by atoms with E-state index in [1.807, 2.05) is 0 Å². The Morgan fingerprint density at radius 1 is 1.67 bits per heavy atom. The smallest absolute Gasteiger partial charge is 0.339 e. The highest BCUT2D eigenvalue weighted by Gasteiger charge is 2.16. The van der Waals surface area contributed by atoms with Crippen molar-refractivity contribution in [3.63, 3.8) is 0 Å². The van der Waals surface area contributed by atoms with Gasteiger partial charge in [0, 0.05) is 0 Å². The number of esters is 1. The molecule has 0 unspecified atom stereocenters. The molecule has 0 aromatic heterocycles. The molecular weight excluding hydrogens is 262 g/mol. The van der Waals surface area contributed by atoms with E-state index in [1.54, 1.807) is 13.0 Å². The molecule has 0 heterocycles. The monoisotopic (exact) mass is 269 g/mol. The SMILES string of the molecule is CCOC(=O)c1ccc(O)c(C#N)c1Br. The van der Waals surface area contributed by atoms with Crippen molar-refractivity contribution in [3.8, 4) is 11.8 Å². The maximum Gasteiger partial charge on any atom is 0.339 e. The van der Waals surface area contributed by atoms with E-state index in [9.17, 15) is 9.90 Å². The van der Waals surface area contributed by atoms with E-state index in [4.69, 9.17) is 10.00 Å². The number of phenols is 1. The first kappa shape index (κ1) is 11.5. The fourth-order valence-electron chi connectivity index (χ4n) is 1.04. The molecule has 0 radical (unpaired) electrons. The minimum absolute atomic E-state index is 0.0283. The maximum atomic E-state index is 11.4. The first-order valence-corrected chi connectivity index (χ1v) is 4.99. The van der Waals surface area contributed by atoms with Crippen molar-refractivity contribution < 1.29 is 14.6 Å². The zero-order valence-corrected chi connectivity index (χ0v) is 9.54. The van der Waals surface area contributed by atoms with Gasteiger partial charge in [0.1, 0.15) is 17.4 Å². The van der Waals surface area contributed by atoms with Gasteiger partial charge in [-0.05, 0) is 35.0 Å². The van der Waals surface area contributed by atoms with Gasteiger partial charge in [0.05, 0.1) is 16.6 Å². The van der Waals surface area contributed by atoms with Crippen LogP contribution in [-0.4, -0.2) is 17.7 Å². The van der Waals surface area contributed by atoms with Crippen molar-refractivity contribution in [1.29, 1.82) is 5.26 Å². The molecule has 0 fully saturated rings. The number of hydrogen-bond acceptors (Lipinski definition) is 4. The van der Waals surface area contributed by atoms with Gasteiger partial charge in [-0.25, -0.2) is 4.79 Å². The minimum atomic E-state index is -0.527. The average Bonchev–Trinajstić information content (AvgIpc) is 2.18. The molecule has 1 aromatic carbocycles. The zero-order valence-electron chi connectivity index (χ0n) is 7.95. The van der Waals surface area contributed by atoms with Gasteiger partial charge in [0.2, 0.25) is 0 Å². The molecular formula is C10H8BrNO3. The molecule has 0 aliphatic heterocycles. The van der Waals surface area contributed by atoms with Crippen LogP contribution in [-0.2, 0) is 4.74 Å². The van der Waals surface area contributed by atoms with Gasteiger partial charge in [-0.15, -0.1) is 0 Å². The van der Waals surface area contributed by atoms with E-state index in [0.29, 0.717) is 0 Å². The second kappa shape index (κ2) is 4.80. The number of carbonyl (C=O) groups excluding carboxylic acids is 1. The number of benzene rings is 1. The Morgan fingerprint density at radius 2 is 2.33 bits per heavy atom. The summed E-state index contributed by atoms with van der Waals surface area (Å²) in [5.74, 6) is -0.696. The van der Waals surface area contributed by atoms with Crippen molar-refractivity contribution in [2.75, 3.05) is 6.61 Å². The average molecular weight is 270 g/mol. The van der Waals surface area contributed by atoms with Crippen LogP contribution in [0.1, 0.15) is 22.8 Å². The molecule has 78 valence electrons. The Bertz CT molecular complexity index is 437. The summed E-state index contributed by atoms with van der Waals surface area (Å²) < 4.78 is 5.04. The summed E-state index contributed by atoms with van der Waals surface area (Å²) in [5.41, 5.74) is 0.256. The van der Waals surface area contributed by atoms with Crippen LogP contribution in [0.25, 0.3) is 0 Å². The van der Waals surface area contributed by atoms with Crippen molar-refractivity contribution >= 4 is 21.9 Å². The first-order chi connectivity index (χ1) is 7.11. The highest BCUT2D eigenvalue weighted by atomic mass is 79.9. The number of rotatable bonds is 2. The Hall–Kier alpha value is -1.54. The third-order valence-corrected chi connectivity index (χ3v) is 2.55. The fraction of sp³-hybridized carbons (Fsp3) is 0.200. The quantitative estimate of drug-likeness (QED) is 0.836. The van der Waals surface area contributed by atoms with Crippen LogP contribution >= 0.6 is 15.9 Å². The van der Waals surface area contributed by atoms with E-state index >= 15 is 0 Å². The van der Waals surface area contributed by atoms with E-state index in [1.165, 1.54) is 12.1 Å². The van der Waals surface area contributed by atoms with Gasteiger partial charge in [0.25, 0.3) is 0 Å². The number of carbonyl (C=O) groups is 1. The lowest BCUT2D eigenvalue weighted by Gasteiger charge is -2.06. The molecule has 0 spiro atoms. The summed E-state index contributed by atoms with van der Waals surface area (Å²) in [4.78, 5) is 11.4. The van der Waals surface area contributed by atoms with E-state index in [2.05, 4.69) is 15.9 Å². The van der Waals surface area contributed by atoms with Crippen LogP contribution in [0.2, 0.25) is 0 Å². The molecule has 1 N–H and O–H groups in total. The largest absolute Gasteiger partial charge is 0.507 e. The second-order valence-corrected chi connectivity index (χ2v) is 3.45. The lowest BCUT2D eigenvalue weighted by atomic mass is 10.1. The summed E-state index contributed by atoms with van der Waals surface area (Å²) in [6, 6.07) is 4.48. The van der Waals surface area contributed by atoms with Crippen molar-refractivity contribution in [2.24, 2.45) is 0 Å². The number of nitrogens with zero attached hydrogens (tertiary/aromatic N) is 1. The molecule has 5 heteroatoms. The molecule has 1 aromatic rings. The number of phenolic OH excluding ortho intramolecular Hbond substituents is 1. The summed E-state index contributed by atoms with van der Waals surface area (Å²) >= 11 is 3.08. The number of hydrogen-bond donors (Lipinski definition) is 1. The van der Waals surface area contributed by atoms with Crippen LogP contribution < -0.4 is 0 Å². The zero-order chi connectivity index (χ0) is 11.4. The van der Waals surface area contributed by atoms with Crippen molar-refractivity contribution in [1.82, 2.24) is 0 Å². The summed E-state index contributed by atoms with van der Waals surface area (Å²) in [5, 5.41) is 18.1. The Kier molecular flexibility index (Phi) is 3.69. The van der Waals surface area contributed by atoms with Crippen molar-refractivity contribution in [3.05, 3.63) is 27.7 Å². The van der Waals surface area contributed by atoms with Gasteiger partial charge >= 0.3 is 5.97 Å². The first-order valence-electron chi connectivity index (χ1n) is 4.20. The molecule has 0 bridgehead atoms. The highest BCUT2D eigenvalue weighted by Crippen LogP contribution is 2.29. The third-order valence-electron chi connectivity index (χ3n) is 1.73. The lowest BCUT2D eigenvalue weighted by Crippen LogP contribution is -2.06. The topological polar surface area (TPSA) is 70.3 Å². The number of halogens is 1. The van der Waals surface area contributed by atoms with Gasteiger partial charge < -0.3 is 9.84 Å². The molecule has 0 aliphatic carbocycles. The summed E-state index contributed by atoms with van der Waals surface area (Å²) in [6.07, 6.45) is 0. The minimum Gasteiger partial charge on any atom is -0.507 e. The van der Waals surface area contributed by atoms with Crippen LogP contribution in [0.4, 0.5) is 0 Å². The molecule has 1 rings (SSSR count). The number of ether oxygens (including phenoxy) is 1. The third kappa shape index (κ3) is 2.28. The Morgan fingerprint density at radius 3 is 2.87 bits per heavy atom. The van der Waals surface area contributed by atoms with Gasteiger partial charge in [-0.1, -0.05) is 0 Å². The predicted molar refractivity (Wildman–Crippen MR) is 56.5 cm³/mol. The standard InChI is InChI=1S/C10H8BrNO3/c1-2-15-10(14)6-3-4-8(13)7(5-12)9(6)11/h3-4,13H,2H2,1H3. The molecule has 0 saturated carbocycles. The number of nitriles is 1. The normalized spacial score (nSPS) is 9.40. The van der Waals surface area contributed by atoms with E-state index in [-0.39, 0.29) is 28.0 Å². The molecule has 0 atom stereocenters. The van der Waals surface area contributed by atoms with E-state index < -0.39 is 5.97 Å². The Labute approximate surface area is 95.2 Å². The highest BCUT2D eigenvalue weighted by molar-refractivity contribution is 9.10.